The zero-order chi connectivity index (χ0) is 12.2. The number of likely N-dealkylation sites (tertiary alicyclic amines) is 1. The fraction of sp³-hybridized carbons (Fsp3) is 1.00. The van der Waals surface area contributed by atoms with Gasteiger partial charge in [0, 0.05) is 24.2 Å². The maximum Gasteiger partial charge on any atom is 0.0197 e. The highest BCUT2D eigenvalue weighted by Gasteiger charge is 2.34. The first kappa shape index (κ1) is 14.0. The summed E-state index contributed by atoms with van der Waals surface area (Å²) >= 11 is 0. The summed E-state index contributed by atoms with van der Waals surface area (Å²) in [5, 5.41) is 3.66. The Morgan fingerprint density at radius 3 is 2.50 bits per heavy atom. The van der Waals surface area contributed by atoms with Gasteiger partial charge < -0.3 is 5.32 Å². The molecule has 1 heterocycles. The lowest BCUT2D eigenvalue weighted by Gasteiger charge is -2.37. The molecule has 0 aromatic carbocycles. The van der Waals surface area contributed by atoms with Crippen LogP contribution in [0.3, 0.4) is 0 Å². The summed E-state index contributed by atoms with van der Waals surface area (Å²) in [6.07, 6.45) is 5.28. The van der Waals surface area contributed by atoms with E-state index in [0.29, 0.717) is 17.6 Å². The predicted molar refractivity (Wildman–Crippen MR) is 71.9 cm³/mol. The summed E-state index contributed by atoms with van der Waals surface area (Å²) in [5.74, 6) is 0. The standard InChI is InChI=1S/C14H30N2/c1-6-8-12(2)15-11-13(3)16-10-7-9-14(16,4)5/h12-13,15H,6-11H2,1-5H3. The van der Waals surface area contributed by atoms with Crippen LogP contribution >= 0.6 is 0 Å². The molecule has 2 unspecified atom stereocenters. The smallest absolute Gasteiger partial charge is 0.0197 e. The molecule has 96 valence electrons. The van der Waals surface area contributed by atoms with Crippen molar-refractivity contribution >= 4 is 0 Å². The van der Waals surface area contributed by atoms with E-state index in [-0.39, 0.29) is 0 Å². The Morgan fingerprint density at radius 2 is 2.00 bits per heavy atom. The summed E-state index contributed by atoms with van der Waals surface area (Å²) in [6.45, 7) is 14.1. The quantitative estimate of drug-likeness (QED) is 0.749. The second-order valence-corrected chi connectivity index (χ2v) is 6.06. The van der Waals surface area contributed by atoms with Crippen molar-refractivity contribution in [3.8, 4) is 0 Å². The van der Waals surface area contributed by atoms with Crippen molar-refractivity contribution in [1.82, 2.24) is 10.2 Å². The first-order chi connectivity index (χ1) is 7.47. The number of nitrogens with zero attached hydrogens (tertiary/aromatic N) is 1. The summed E-state index contributed by atoms with van der Waals surface area (Å²) in [4.78, 5) is 2.67. The lowest BCUT2D eigenvalue weighted by molar-refractivity contribution is 0.121. The van der Waals surface area contributed by atoms with Gasteiger partial charge in [-0.2, -0.15) is 0 Å². The zero-order valence-electron chi connectivity index (χ0n) is 11.8. The largest absolute Gasteiger partial charge is 0.313 e. The van der Waals surface area contributed by atoms with Crippen molar-refractivity contribution in [1.29, 1.82) is 0 Å². The third kappa shape index (κ3) is 3.74. The van der Waals surface area contributed by atoms with E-state index in [1.807, 2.05) is 0 Å². The van der Waals surface area contributed by atoms with E-state index >= 15 is 0 Å². The molecule has 0 amide bonds. The predicted octanol–water partition coefficient (Wildman–Crippen LogP) is 3.03. The Morgan fingerprint density at radius 1 is 1.31 bits per heavy atom. The molecule has 0 aliphatic carbocycles. The van der Waals surface area contributed by atoms with Crippen LogP contribution in [0.25, 0.3) is 0 Å². The summed E-state index contributed by atoms with van der Waals surface area (Å²) in [6, 6.07) is 1.33. The molecule has 1 rings (SSSR count). The molecule has 0 bridgehead atoms. The molecule has 0 aromatic rings. The van der Waals surface area contributed by atoms with Gasteiger partial charge in [-0.3, -0.25) is 4.90 Å². The molecule has 0 aromatic heterocycles. The van der Waals surface area contributed by atoms with Crippen LogP contribution in [-0.4, -0.2) is 35.6 Å². The van der Waals surface area contributed by atoms with Crippen molar-refractivity contribution in [3.05, 3.63) is 0 Å². The van der Waals surface area contributed by atoms with E-state index in [4.69, 9.17) is 0 Å². The molecule has 2 heteroatoms. The highest BCUT2D eigenvalue weighted by Crippen LogP contribution is 2.29. The second kappa shape index (κ2) is 6.02. The molecule has 0 spiro atoms. The Bertz CT molecular complexity index is 201. The minimum atomic E-state index is 0.412. The van der Waals surface area contributed by atoms with Gasteiger partial charge in [0.15, 0.2) is 0 Å². The van der Waals surface area contributed by atoms with Gasteiger partial charge in [-0.25, -0.2) is 0 Å². The molecule has 0 saturated carbocycles. The van der Waals surface area contributed by atoms with Crippen LogP contribution in [0.1, 0.15) is 60.3 Å². The van der Waals surface area contributed by atoms with E-state index in [1.165, 1.54) is 32.2 Å². The van der Waals surface area contributed by atoms with E-state index in [1.54, 1.807) is 0 Å². The monoisotopic (exact) mass is 226 g/mol. The van der Waals surface area contributed by atoms with Crippen LogP contribution in [0.5, 0.6) is 0 Å². The van der Waals surface area contributed by atoms with Gasteiger partial charge in [0.2, 0.25) is 0 Å². The molecule has 1 aliphatic heterocycles. The molecule has 1 aliphatic rings. The number of rotatable bonds is 6. The molecule has 16 heavy (non-hydrogen) atoms. The normalized spacial score (nSPS) is 24.6. The van der Waals surface area contributed by atoms with Crippen LogP contribution in [0.15, 0.2) is 0 Å². The first-order valence-corrected chi connectivity index (χ1v) is 6.97. The molecule has 2 atom stereocenters. The SMILES string of the molecule is CCCC(C)NCC(C)N1CCCC1(C)C. The van der Waals surface area contributed by atoms with Crippen molar-refractivity contribution in [2.45, 2.75) is 77.9 Å². The Kier molecular flexibility index (Phi) is 5.26. The van der Waals surface area contributed by atoms with Crippen molar-refractivity contribution < 1.29 is 0 Å². The molecular formula is C14H30N2. The maximum absolute atomic E-state index is 3.66. The maximum atomic E-state index is 3.66. The molecule has 2 nitrogen and oxygen atoms in total. The fourth-order valence-electron chi connectivity index (χ4n) is 2.96. The van der Waals surface area contributed by atoms with Gasteiger partial charge in [0.1, 0.15) is 0 Å². The summed E-state index contributed by atoms with van der Waals surface area (Å²) < 4.78 is 0. The lowest BCUT2D eigenvalue weighted by Crippen LogP contribution is -2.49. The minimum Gasteiger partial charge on any atom is -0.313 e. The number of nitrogens with one attached hydrogen (secondary N) is 1. The Balaban J connectivity index is 2.32. The third-order valence-corrected chi connectivity index (χ3v) is 3.98. The van der Waals surface area contributed by atoms with Crippen molar-refractivity contribution in [2.24, 2.45) is 0 Å². The van der Waals surface area contributed by atoms with Crippen LogP contribution in [-0.2, 0) is 0 Å². The van der Waals surface area contributed by atoms with Crippen molar-refractivity contribution in [3.63, 3.8) is 0 Å². The van der Waals surface area contributed by atoms with Gasteiger partial charge in [-0.05, 0) is 53.5 Å². The van der Waals surface area contributed by atoms with Gasteiger partial charge in [0.05, 0.1) is 0 Å². The van der Waals surface area contributed by atoms with Crippen LogP contribution in [0, 0.1) is 0 Å². The second-order valence-electron chi connectivity index (χ2n) is 6.06. The number of hydrogen-bond donors (Lipinski definition) is 1. The van der Waals surface area contributed by atoms with Crippen LogP contribution in [0.4, 0.5) is 0 Å². The Labute approximate surface area is 102 Å². The van der Waals surface area contributed by atoms with Crippen molar-refractivity contribution in [2.75, 3.05) is 13.1 Å². The summed E-state index contributed by atoms with van der Waals surface area (Å²) in [5.41, 5.74) is 0.412. The van der Waals surface area contributed by atoms with Gasteiger partial charge in [0.25, 0.3) is 0 Å². The average Bonchev–Trinajstić information content (AvgIpc) is 2.55. The van der Waals surface area contributed by atoms with Crippen LogP contribution < -0.4 is 5.32 Å². The highest BCUT2D eigenvalue weighted by atomic mass is 15.2. The molecule has 0 radical (unpaired) electrons. The van der Waals surface area contributed by atoms with E-state index in [2.05, 4.69) is 44.8 Å². The fourth-order valence-corrected chi connectivity index (χ4v) is 2.96. The topological polar surface area (TPSA) is 15.3 Å². The molecule has 1 fully saturated rings. The molecule has 1 N–H and O–H groups in total. The first-order valence-electron chi connectivity index (χ1n) is 6.97. The highest BCUT2D eigenvalue weighted by molar-refractivity contribution is 4.91. The third-order valence-electron chi connectivity index (χ3n) is 3.98. The average molecular weight is 226 g/mol. The van der Waals surface area contributed by atoms with Crippen LogP contribution in [0.2, 0.25) is 0 Å². The lowest BCUT2D eigenvalue weighted by atomic mass is 10.0. The number of hydrogen-bond acceptors (Lipinski definition) is 2. The molecular weight excluding hydrogens is 196 g/mol. The summed E-state index contributed by atoms with van der Waals surface area (Å²) in [7, 11) is 0. The van der Waals surface area contributed by atoms with Gasteiger partial charge in [-0.15, -0.1) is 0 Å². The van der Waals surface area contributed by atoms with Gasteiger partial charge >= 0.3 is 0 Å². The van der Waals surface area contributed by atoms with Gasteiger partial charge in [-0.1, -0.05) is 13.3 Å². The van der Waals surface area contributed by atoms with E-state index in [9.17, 15) is 0 Å². The molecule has 1 saturated heterocycles. The Hall–Kier alpha value is -0.0800. The van der Waals surface area contributed by atoms with E-state index < -0.39 is 0 Å². The zero-order valence-corrected chi connectivity index (χ0v) is 11.8. The van der Waals surface area contributed by atoms with E-state index in [0.717, 1.165) is 6.54 Å². The minimum absolute atomic E-state index is 0.412.